The van der Waals surface area contributed by atoms with Gasteiger partial charge in [-0.1, -0.05) is 22.9 Å². The van der Waals surface area contributed by atoms with Crippen LogP contribution in [-0.4, -0.2) is 30.9 Å². The highest BCUT2D eigenvalue weighted by Crippen LogP contribution is 2.23. The number of hydrogen-bond acceptors (Lipinski definition) is 6. The molecule has 0 saturated heterocycles. The summed E-state index contributed by atoms with van der Waals surface area (Å²) in [5, 5.41) is 11.4. The zero-order valence-electron chi connectivity index (χ0n) is 16.0. The van der Waals surface area contributed by atoms with Crippen LogP contribution in [0.15, 0.2) is 67.1 Å². The van der Waals surface area contributed by atoms with E-state index in [4.69, 9.17) is 16.3 Å². The first-order valence-electron chi connectivity index (χ1n) is 9.08. The number of nitrogens with zero attached hydrogens (tertiary/aromatic N) is 5. The van der Waals surface area contributed by atoms with Gasteiger partial charge in [0, 0.05) is 23.6 Å². The third-order valence-corrected chi connectivity index (χ3v) is 4.54. The first-order valence-corrected chi connectivity index (χ1v) is 9.46. The van der Waals surface area contributed by atoms with E-state index in [1.165, 1.54) is 0 Å². The van der Waals surface area contributed by atoms with Gasteiger partial charge < -0.3 is 10.1 Å². The van der Waals surface area contributed by atoms with Gasteiger partial charge in [-0.15, -0.1) is 5.10 Å². The summed E-state index contributed by atoms with van der Waals surface area (Å²) in [5.74, 6) is 0.309. The Bertz CT molecular complexity index is 1180. The Kier molecular flexibility index (Phi) is 5.67. The molecule has 0 saturated carbocycles. The number of carbonyl (C=O) groups excluding carboxylic acids is 1. The van der Waals surface area contributed by atoms with Crippen LogP contribution in [0.3, 0.4) is 0 Å². The first kappa shape index (κ1) is 19.5. The van der Waals surface area contributed by atoms with Gasteiger partial charge in [0.1, 0.15) is 6.61 Å². The molecule has 0 unspecified atom stereocenters. The van der Waals surface area contributed by atoms with Gasteiger partial charge in [-0.25, -0.2) is 9.67 Å². The number of amides is 1. The molecule has 0 aliphatic rings. The normalized spacial score (nSPS) is 10.6. The van der Waals surface area contributed by atoms with Crippen LogP contribution in [-0.2, 0) is 6.61 Å². The molecule has 3 heterocycles. The van der Waals surface area contributed by atoms with Crippen LogP contribution >= 0.6 is 11.6 Å². The minimum atomic E-state index is -0.437. The fourth-order valence-electron chi connectivity index (χ4n) is 2.80. The van der Waals surface area contributed by atoms with E-state index in [0.29, 0.717) is 34.6 Å². The molecule has 4 aromatic rings. The van der Waals surface area contributed by atoms with Gasteiger partial charge in [0.05, 0.1) is 11.4 Å². The van der Waals surface area contributed by atoms with Crippen LogP contribution in [0.2, 0.25) is 5.02 Å². The van der Waals surface area contributed by atoms with E-state index in [1.54, 1.807) is 60.5 Å². The van der Waals surface area contributed by atoms with Crippen LogP contribution in [0.1, 0.15) is 21.7 Å². The van der Waals surface area contributed by atoms with Crippen molar-refractivity contribution in [3.05, 3.63) is 89.1 Å². The average molecular weight is 421 g/mol. The van der Waals surface area contributed by atoms with Crippen molar-refractivity contribution < 1.29 is 9.53 Å². The number of rotatable bonds is 6. The van der Waals surface area contributed by atoms with Crippen molar-refractivity contribution in [2.75, 3.05) is 5.32 Å². The highest BCUT2D eigenvalue weighted by molar-refractivity contribution is 6.30. The van der Waals surface area contributed by atoms with Gasteiger partial charge in [0.15, 0.2) is 17.3 Å². The second-order valence-corrected chi connectivity index (χ2v) is 6.80. The molecule has 0 spiro atoms. The molecule has 0 aliphatic carbocycles. The minimum absolute atomic E-state index is 0.181. The van der Waals surface area contributed by atoms with E-state index in [-0.39, 0.29) is 5.69 Å². The summed E-state index contributed by atoms with van der Waals surface area (Å²) >= 11 is 6.05. The van der Waals surface area contributed by atoms with Crippen molar-refractivity contribution in [1.82, 2.24) is 25.0 Å². The van der Waals surface area contributed by atoms with E-state index >= 15 is 0 Å². The van der Waals surface area contributed by atoms with Crippen LogP contribution in [0.5, 0.6) is 5.75 Å². The zero-order chi connectivity index (χ0) is 20.9. The Hall–Kier alpha value is -3.78. The van der Waals surface area contributed by atoms with Crippen LogP contribution in [0.4, 0.5) is 5.82 Å². The molecule has 3 aromatic heterocycles. The molecular weight excluding hydrogens is 404 g/mol. The molecule has 0 fully saturated rings. The van der Waals surface area contributed by atoms with Crippen molar-refractivity contribution in [3.8, 4) is 11.4 Å². The molecule has 150 valence electrons. The van der Waals surface area contributed by atoms with Crippen LogP contribution in [0.25, 0.3) is 5.69 Å². The summed E-state index contributed by atoms with van der Waals surface area (Å²) in [6.07, 6.45) is 4.96. The summed E-state index contributed by atoms with van der Waals surface area (Å²) in [4.78, 5) is 21.0. The monoisotopic (exact) mass is 420 g/mol. The third-order valence-electron chi connectivity index (χ3n) is 4.31. The Balaban J connectivity index is 1.52. The second-order valence-electron chi connectivity index (χ2n) is 6.36. The fraction of sp³-hybridized carbons (Fsp3) is 0.0952. The lowest BCUT2D eigenvalue weighted by Crippen LogP contribution is -2.16. The quantitative estimate of drug-likeness (QED) is 0.509. The highest BCUT2D eigenvalue weighted by Gasteiger charge is 2.19. The van der Waals surface area contributed by atoms with Gasteiger partial charge in [-0.2, -0.15) is 0 Å². The van der Waals surface area contributed by atoms with E-state index in [0.717, 1.165) is 5.56 Å². The van der Waals surface area contributed by atoms with Crippen molar-refractivity contribution >= 4 is 23.3 Å². The standard InChI is InChI=1S/C21H17ClN6O2/c1-14-19(26-27-28(14)17-5-2-4-16(22)12-17)21(29)25-20-18(6-3-9-24-20)30-13-15-7-10-23-11-8-15/h2-12H,13H2,1H3,(H,24,25,29). The summed E-state index contributed by atoms with van der Waals surface area (Å²) < 4.78 is 7.37. The van der Waals surface area contributed by atoms with Crippen molar-refractivity contribution in [2.45, 2.75) is 13.5 Å². The topological polar surface area (TPSA) is 94.8 Å². The molecule has 4 rings (SSSR count). The molecule has 8 nitrogen and oxygen atoms in total. The smallest absolute Gasteiger partial charge is 0.279 e. The van der Waals surface area contributed by atoms with Crippen LogP contribution < -0.4 is 10.1 Å². The van der Waals surface area contributed by atoms with Gasteiger partial charge in [0.2, 0.25) is 0 Å². The average Bonchev–Trinajstić information content (AvgIpc) is 3.15. The van der Waals surface area contributed by atoms with Crippen molar-refractivity contribution in [1.29, 1.82) is 0 Å². The molecular formula is C21H17ClN6O2. The highest BCUT2D eigenvalue weighted by atomic mass is 35.5. The maximum atomic E-state index is 12.8. The van der Waals surface area contributed by atoms with Gasteiger partial charge in [-0.3, -0.25) is 9.78 Å². The van der Waals surface area contributed by atoms with E-state index in [2.05, 4.69) is 25.6 Å². The van der Waals surface area contributed by atoms with Crippen LogP contribution in [0, 0.1) is 6.92 Å². The molecule has 1 N–H and O–H groups in total. The van der Waals surface area contributed by atoms with Crippen molar-refractivity contribution in [3.63, 3.8) is 0 Å². The molecule has 0 aliphatic heterocycles. The van der Waals surface area contributed by atoms with E-state index < -0.39 is 5.91 Å². The lowest BCUT2D eigenvalue weighted by Gasteiger charge is -2.11. The van der Waals surface area contributed by atoms with Gasteiger partial charge in [-0.05, 0) is 55.0 Å². The Morgan fingerprint density at radius 3 is 2.77 bits per heavy atom. The molecule has 0 radical (unpaired) electrons. The number of nitrogens with one attached hydrogen (secondary N) is 1. The van der Waals surface area contributed by atoms with Gasteiger partial charge in [0.25, 0.3) is 5.91 Å². The number of aromatic nitrogens is 5. The molecule has 0 atom stereocenters. The zero-order valence-corrected chi connectivity index (χ0v) is 16.7. The summed E-state index contributed by atoms with van der Waals surface area (Å²) in [6, 6.07) is 14.3. The maximum absolute atomic E-state index is 12.8. The molecule has 1 aromatic carbocycles. The van der Waals surface area contributed by atoms with E-state index in [9.17, 15) is 4.79 Å². The minimum Gasteiger partial charge on any atom is -0.485 e. The Labute approximate surface area is 177 Å². The SMILES string of the molecule is Cc1c(C(=O)Nc2ncccc2OCc2ccncc2)nnn1-c1cccc(Cl)c1. The first-order chi connectivity index (χ1) is 14.6. The fourth-order valence-corrected chi connectivity index (χ4v) is 2.98. The molecule has 0 bridgehead atoms. The number of ether oxygens (including phenoxy) is 1. The number of hydrogen-bond donors (Lipinski definition) is 1. The summed E-state index contributed by atoms with van der Waals surface area (Å²) in [7, 11) is 0. The molecule has 9 heteroatoms. The number of pyridine rings is 2. The number of anilines is 1. The third kappa shape index (κ3) is 4.28. The van der Waals surface area contributed by atoms with Gasteiger partial charge >= 0.3 is 0 Å². The predicted molar refractivity (Wildman–Crippen MR) is 112 cm³/mol. The maximum Gasteiger partial charge on any atom is 0.279 e. The summed E-state index contributed by atoms with van der Waals surface area (Å²) in [6.45, 7) is 2.08. The Morgan fingerprint density at radius 2 is 1.97 bits per heavy atom. The number of halogens is 1. The lowest BCUT2D eigenvalue weighted by molar-refractivity contribution is 0.102. The Morgan fingerprint density at radius 1 is 1.13 bits per heavy atom. The summed E-state index contributed by atoms with van der Waals surface area (Å²) in [5.41, 5.74) is 2.42. The molecule has 30 heavy (non-hydrogen) atoms. The second kappa shape index (κ2) is 8.71. The predicted octanol–water partition coefficient (Wildman–Crippen LogP) is 3.85. The largest absolute Gasteiger partial charge is 0.485 e. The number of carbonyl (C=O) groups is 1. The lowest BCUT2D eigenvalue weighted by atomic mass is 10.2. The molecule has 1 amide bonds. The van der Waals surface area contributed by atoms with E-state index in [1.807, 2.05) is 18.2 Å². The number of benzene rings is 1. The van der Waals surface area contributed by atoms with Crippen molar-refractivity contribution in [2.24, 2.45) is 0 Å².